The third-order valence-electron chi connectivity index (χ3n) is 10.8. The minimum absolute atomic E-state index is 0.00684. The number of allylic oxidation sites excluding steroid dienone is 4. The van der Waals surface area contributed by atoms with Crippen molar-refractivity contribution in [3.8, 4) is 23.0 Å². The van der Waals surface area contributed by atoms with Crippen molar-refractivity contribution >= 4 is 45.2 Å². The van der Waals surface area contributed by atoms with Crippen LogP contribution in [0.5, 0.6) is 23.0 Å². The lowest BCUT2D eigenvalue weighted by Crippen LogP contribution is -2.54. The van der Waals surface area contributed by atoms with E-state index in [9.17, 15) is 29.1 Å². The fourth-order valence-corrected chi connectivity index (χ4v) is 8.79. The van der Waals surface area contributed by atoms with Gasteiger partial charge in [0.05, 0.1) is 53.9 Å². The summed E-state index contributed by atoms with van der Waals surface area (Å²) in [4.78, 5) is 73.8. The molecule has 0 spiro atoms. The second kappa shape index (κ2) is 12.4. The summed E-state index contributed by atoms with van der Waals surface area (Å²) >= 11 is 1.99. The number of benzene rings is 2. The van der Waals surface area contributed by atoms with Crippen LogP contribution >= 0.6 is 22.6 Å². The Labute approximate surface area is 304 Å². The predicted octanol–water partition coefficient (Wildman–Crippen LogP) is 3.03. The van der Waals surface area contributed by atoms with Crippen LogP contribution < -0.4 is 31.1 Å². The van der Waals surface area contributed by atoms with Gasteiger partial charge < -0.3 is 23.9 Å². The summed E-state index contributed by atoms with van der Waals surface area (Å²) in [5.41, 5.74) is 0.125. The van der Waals surface area contributed by atoms with Crippen molar-refractivity contribution in [1.29, 1.82) is 0 Å². The number of aromatic nitrogens is 5. The number of phenols is 1. The number of Topliss-reactive ketones (excluding diaryl/α,β-unsaturated/α-hetero) is 1. The Morgan fingerprint density at radius 1 is 0.980 bits per heavy atom. The van der Waals surface area contributed by atoms with E-state index in [1.54, 1.807) is 45.2 Å². The van der Waals surface area contributed by atoms with Crippen molar-refractivity contribution < 1.29 is 28.9 Å². The standard InChI is InChI=1S/C36H36IN5O9/c1-17-11-29(43)36(2)20(31(17)44)14-24-19(30(36)18-12-21(37)32(45)28(13-18)51-6)7-10-41-34(47)40(35(48)42(24)41)9-8-22-33(46)39(3)25-16-27(50-5)26(49-4)15-23(25)38-22/h7,11-13,15-16,20,24,30,45H,8-10,14H2,1-6H3/t20-,24+,30-,36-/m0/s1. The highest BCUT2D eigenvalue weighted by Crippen LogP contribution is 2.60. The normalized spacial score (nSPS) is 22.5. The van der Waals surface area contributed by atoms with Gasteiger partial charge in [-0.3, -0.25) is 14.4 Å². The number of hydrogen-bond acceptors (Lipinski definition) is 10. The summed E-state index contributed by atoms with van der Waals surface area (Å²) in [5.74, 6) is -0.829. The van der Waals surface area contributed by atoms with Gasteiger partial charge in [-0.05, 0) is 70.9 Å². The average Bonchev–Trinajstić information content (AvgIpc) is 3.36. The topological polar surface area (TPSA) is 166 Å². The Kier molecular flexibility index (Phi) is 8.38. The average molecular weight is 810 g/mol. The van der Waals surface area contributed by atoms with Crippen LogP contribution in [0.2, 0.25) is 0 Å². The first-order chi connectivity index (χ1) is 24.3. The summed E-state index contributed by atoms with van der Waals surface area (Å²) in [7, 11) is 6.04. The van der Waals surface area contributed by atoms with Crippen LogP contribution in [0, 0.1) is 14.9 Å². The van der Waals surface area contributed by atoms with Gasteiger partial charge in [-0.25, -0.2) is 28.5 Å². The number of ether oxygens (including phenoxy) is 3. The SMILES string of the molecule is COc1cc2nc(CCn3c(=O)n4n(c3=O)[C@@H]3C[C@H]5C(=O)C(C)=CC(=O)[C@@]5(C)[C@@H](c5cc(I)c(O)c(OC)c5)C3=CC4)c(=O)n(C)c2cc1OC. The van der Waals surface area contributed by atoms with E-state index in [-0.39, 0.29) is 60.2 Å². The summed E-state index contributed by atoms with van der Waals surface area (Å²) in [5, 5.41) is 10.6. The second-order valence-electron chi connectivity index (χ2n) is 13.3. The fourth-order valence-electron chi connectivity index (χ4n) is 8.17. The molecule has 15 heteroatoms. The largest absolute Gasteiger partial charge is 0.504 e. The molecule has 1 N–H and O–H groups in total. The van der Waals surface area contributed by atoms with Crippen LogP contribution in [0.25, 0.3) is 11.0 Å². The number of aromatic hydroxyl groups is 1. The highest BCUT2D eigenvalue weighted by molar-refractivity contribution is 14.1. The molecule has 14 nitrogen and oxygen atoms in total. The molecule has 3 heterocycles. The third-order valence-corrected chi connectivity index (χ3v) is 11.7. The van der Waals surface area contributed by atoms with Gasteiger partial charge in [0.15, 0.2) is 34.6 Å². The maximum atomic E-state index is 14.2. The number of nitrogens with zero attached hydrogens (tertiary/aromatic N) is 5. The van der Waals surface area contributed by atoms with E-state index in [0.717, 1.165) is 10.1 Å². The number of hydrogen-bond donors (Lipinski definition) is 1. The van der Waals surface area contributed by atoms with Crippen LogP contribution in [0.3, 0.4) is 0 Å². The van der Waals surface area contributed by atoms with Gasteiger partial charge in [0, 0.05) is 44.0 Å². The van der Waals surface area contributed by atoms with Gasteiger partial charge in [-0.15, -0.1) is 0 Å². The minimum atomic E-state index is -1.20. The molecule has 3 aliphatic rings. The molecule has 4 atom stereocenters. The zero-order valence-electron chi connectivity index (χ0n) is 28.9. The lowest BCUT2D eigenvalue weighted by atomic mass is 9.51. The molecule has 51 heavy (non-hydrogen) atoms. The van der Waals surface area contributed by atoms with E-state index in [2.05, 4.69) is 4.98 Å². The summed E-state index contributed by atoms with van der Waals surface area (Å²) < 4.78 is 22.0. The minimum Gasteiger partial charge on any atom is -0.504 e. The zero-order valence-corrected chi connectivity index (χ0v) is 31.0. The quantitative estimate of drug-likeness (QED) is 0.217. The monoisotopic (exact) mass is 809 g/mol. The molecule has 1 aliphatic heterocycles. The highest BCUT2D eigenvalue weighted by Gasteiger charge is 2.59. The molecule has 4 aromatic rings. The molecule has 0 amide bonds. The van der Waals surface area contributed by atoms with Gasteiger partial charge in [0.1, 0.15) is 5.69 Å². The van der Waals surface area contributed by atoms with E-state index in [1.165, 1.54) is 41.3 Å². The second-order valence-corrected chi connectivity index (χ2v) is 14.5. The van der Waals surface area contributed by atoms with Crippen molar-refractivity contribution in [3.63, 3.8) is 0 Å². The van der Waals surface area contributed by atoms with E-state index >= 15 is 0 Å². The van der Waals surface area contributed by atoms with Gasteiger partial charge in [-0.1, -0.05) is 13.0 Å². The van der Waals surface area contributed by atoms with Gasteiger partial charge in [-0.2, -0.15) is 0 Å². The molecule has 7 rings (SSSR count). The molecule has 0 bridgehead atoms. The summed E-state index contributed by atoms with van der Waals surface area (Å²) in [6.45, 7) is 3.33. The fraction of sp³-hybridized carbons (Fsp3) is 0.389. The van der Waals surface area contributed by atoms with E-state index in [0.29, 0.717) is 37.2 Å². The zero-order chi connectivity index (χ0) is 36.7. The first-order valence-corrected chi connectivity index (χ1v) is 17.4. The first-order valence-electron chi connectivity index (χ1n) is 16.3. The number of rotatable bonds is 7. The van der Waals surface area contributed by atoms with Gasteiger partial charge in [0.2, 0.25) is 0 Å². The number of methoxy groups -OCH3 is 3. The number of phenolic OH excluding ortho intramolecular Hbond substituents is 1. The number of carbonyl (C=O) groups is 2. The Hall–Kier alpha value is -4.93. The van der Waals surface area contributed by atoms with Crippen LogP contribution in [0.4, 0.5) is 0 Å². The van der Waals surface area contributed by atoms with Gasteiger partial charge >= 0.3 is 11.4 Å². The molecule has 2 aromatic heterocycles. The maximum absolute atomic E-state index is 14.2. The molecule has 2 aliphatic carbocycles. The van der Waals surface area contributed by atoms with Crippen LogP contribution in [0.1, 0.15) is 43.5 Å². The molecule has 266 valence electrons. The van der Waals surface area contributed by atoms with E-state index in [1.807, 2.05) is 28.7 Å². The highest BCUT2D eigenvalue weighted by atomic mass is 127. The molecular weight excluding hydrogens is 773 g/mol. The molecular formula is C36H36IN5O9. The molecule has 1 fully saturated rings. The third kappa shape index (κ3) is 5.02. The lowest BCUT2D eigenvalue weighted by molar-refractivity contribution is -0.139. The van der Waals surface area contributed by atoms with Crippen molar-refractivity contribution in [1.82, 2.24) is 23.5 Å². The molecule has 0 saturated heterocycles. The van der Waals surface area contributed by atoms with Crippen molar-refractivity contribution in [2.24, 2.45) is 18.4 Å². The number of carbonyl (C=O) groups excluding carboxylic acids is 2. The predicted molar refractivity (Wildman–Crippen MR) is 194 cm³/mol. The Balaban J connectivity index is 1.32. The lowest BCUT2D eigenvalue weighted by Gasteiger charge is -2.52. The van der Waals surface area contributed by atoms with Crippen LogP contribution in [0.15, 0.2) is 61.9 Å². The maximum Gasteiger partial charge on any atom is 0.347 e. The Bertz CT molecular complexity index is 2430. The van der Waals surface area contributed by atoms with E-state index < -0.39 is 34.7 Å². The van der Waals surface area contributed by atoms with Crippen LogP contribution in [-0.4, -0.2) is 61.5 Å². The smallest absolute Gasteiger partial charge is 0.347 e. The number of ketones is 2. The number of aryl methyl sites for hydroxylation is 2. The number of halogens is 1. The molecule has 1 saturated carbocycles. The molecule has 2 aromatic carbocycles. The van der Waals surface area contributed by atoms with Crippen LogP contribution in [-0.2, 0) is 36.1 Å². The van der Waals surface area contributed by atoms with Crippen molar-refractivity contribution in [3.05, 3.63) is 93.7 Å². The molecule has 0 unspecified atom stereocenters. The van der Waals surface area contributed by atoms with E-state index in [4.69, 9.17) is 14.2 Å². The summed E-state index contributed by atoms with van der Waals surface area (Å²) in [6, 6.07) is 6.02. The van der Waals surface area contributed by atoms with Crippen molar-refractivity contribution in [2.45, 2.75) is 51.7 Å². The summed E-state index contributed by atoms with van der Waals surface area (Å²) in [6.07, 6.45) is 3.38. The molecule has 0 radical (unpaired) electrons. The van der Waals surface area contributed by atoms with Crippen molar-refractivity contribution in [2.75, 3.05) is 21.3 Å². The Morgan fingerprint density at radius 2 is 1.67 bits per heavy atom. The Morgan fingerprint density at radius 3 is 2.35 bits per heavy atom. The van der Waals surface area contributed by atoms with Gasteiger partial charge in [0.25, 0.3) is 5.56 Å². The number of fused-ring (bicyclic) bond motifs is 5. The first kappa shape index (κ1) is 34.5.